The van der Waals surface area contributed by atoms with Crippen LogP contribution in [-0.2, 0) is 14.4 Å². The number of imide groups is 1. The first-order valence-corrected chi connectivity index (χ1v) is 10.7. The molecule has 8 nitrogen and oxygen atoms in total. The molecule has 2 saturated heterocycles. The zero-order valence-corrected chi connectivity index (χ0v) is 18.2. The van der Waals surface area contributed by atoms with Crippen LogP contribution in [0.3, 0.4) is 0 Å². The van der Waals surface area contributed by atoms with Crippen molar-refractivity contribution in [3.63, 3.8) is 0 Å². The maximum atomic E-state index is 13.6. The van der Waals surface area contributed by atoms with Crippen molar-refractivity contribution >= 4 is 47.1 Å². The van der Waals surface area contributed by atoms with Crippen LogP contribution in [0.4, 0.5) is 5.69 Å². The number of rotatable bonds is 4. The first-order chi connectivity index (χ1) is 15.9. The molecule has 0 spiro atoms. The maximum absolute atomic E-state index is 13.6. The summed E-state index contributed by atoms with van der Waals surface area (Å²) in [6.45, 7) is 1.28. The zero-order chi connectivity index (χ0) is 23.3. The number of fused-ring (bicyclic) bond motifs is 3. The van der Waals surface area contributed by atoms with Crippen LogP contribution in [-0.4, -0.2) is 46.9 Å². The highest BCUT2D eigenvalue weighted by molar-refractivity contribution is 6.36. The number of allylic oxidation sites excluding steroid dienone is 1. The fourth-order valence-corrected chi connectivity index (χ4v) is 4.95. The molecule has 9 heteroatoms. The third-order valence-corrected chi connectivity index (χ3v) is 6.37. The Bertz CT molecular complexity index is 1240. The Labute approximate surface area is 194 Å². The van der Waals surface area contributed by atoms with Crippen LogP contribution in [0.25, 0.3) is 0 Å². The molecule has 3 aliphatic heterocycles. The van der Waals surface area contributed by atoms with E-state index in [1.165, 1.54) is 42.4 Å². The Kier molecular flexibility index (Phi) is 5.09. The Hall–Kier alpha value is -3.78. The second-order valence-corrected chi connectivity index (χ2v) is 8.37. The summed E-state index contributed by atoms with van der Waals surface area (Å²) < 4.78 is 5.02. The van der Waals surface area contributed by atoms with Crippen molar-refractivity contribution in [2.45, 2.75) is 19.0 Å². The minimum atomic E-state index is -0.968. The standard InChI is InChI=1S/C24H18ClN3O5/c1-13(29)33-15-10-8-14(9-11-15)22(30)21-20-19(18-7-4-12-26-28(18)21)23(31)27(24(20)32)17-6-3-2-5-16(17)25/h2-12,18-21H,1H3/t18-,19-,20-,21+/m0/s1. The zero-order valence-electron chi connectivity index (χ0n) is 17.4. The third-order valence-electron chi connectivity index (χ3n) is 6.05. The molecule has 3 aliphatic rings. The van der Waals surface area contributed by atoms with Gasteiger partial charge in [0.25, 0.3) is 0 Å². The van der Waals surface area contributed by atoms with E-state index >= 15 is 0 Å². The fraction of sp³-hybridized carbons (Fsp3) is 0.208. The molecule has 0 N–H and O–H groups in total. The number of carbonyl (C=O) groups excluding carboxylic acids is 4. The number of ketones is 1. The Morgan fingerprint density at radius 2 is 1.70 bits per heavy atom. The summed E-state index contributed by atoms with van der Waals surface area (Å²) in [6, 6.07) is 11.2. The molecular formula is C24H18ClN3O5. The maximum Gasteiger partial charge on any atom is 0.308 e. The molecule has 0 radical (unpaired) electrons. The van der Waals surface area contributed by atoms with E-state index in [0.29, 0.717) is 17.0 Å². The van der Waals surface area contributed by atoms with E-state index < -0.39 is 41.7 Å². The van der Waals surface area contributed by atoms with Gasteiger partial charge in [0.05, 0.1) is 28.6 Å². The second-order valence-electron chi connectivity index (χ2n) is 7.96. The fourth-order valence-electron chi connectivity index (χ4n) is 4.73. The van der Waals surface area contributed by atoms with Crippen LogP contribution in [0.15, 0.2) is 65.8 Å². The van der Waals surface area contributed by atoms with Gasteiger partial charge in [-0.15, -0.1) is 0 Å². The first-order valence-electron chi connectivity index (χ1n) is 10.3. The number of Topliss-reactive ketones (excluding diaryl/α,β-unsaturated/α-hetero) is 1. The number of benzene rings is 2. The predicted octanol–water partition coefficient (Wildman–Crippen LogP) is 2.86. The van der Waals surface area contributed by atoms with E-state index in [4.69, 9.17) is 16.3 Å². The van der Waals surface area contributed by atoms with E-state index in [9.17, 15) is 19.2 Å². The molecule has 2 aromatic carbocycles. The summed E-state index contributed by atoms with van der Waals surface area (Å²) in [4.78, 5) is 52.8. The lowest BCUT2D eigenvalue weighted by Crippen LogP contribution is -2.46. The second kappa shape index (κ2) is 7.97. The van der Waals surface area contributed by atoms with Gasteiger partial charge in [0.2, 0.25) is 11.8 Å². The minimum absolute atomic E-state index is 0.275. The number of halogens is 1. The molecule has 166 valence electrons. The highest BCUT2D eigenvalue weighted by Crippen LogP contribution is 2.47. The molecule has 2 fully saturated rings. The summed E-state index contributed by atoms with van der Waals surface area (Å²) in [5, 5.41) is 6.14. The summed E-state index contributed by atoms with van der Waals surface area (Å²) in [5.41, 5.74) is 0.617. The number of esters is 1. The number of hydrogen-bond acceptors (Lipinski definition) is 7. The number of nitrogens with zero attached hydrogens (tertiary/aromatic N) is 3. The number of hydrogen-bond donors (Lipinski definition) is 0. The van der Waals surface area contributed by atoms with Crippen molar-refractivity contribution in [2.24, 2.45) is 16.9 Å². The van der Waals surface area contributed by atoms with Gasteiger partial charge in [0.15, 0.2) is 5.78 Å². The Morgan fingerprint density at radius 3 is 2.39 bits per heavy atom. The van der Waals surface area contributed by atoms with Gasteiger partial charge < -0.3 is 4.74 Å². The molecule has 0 aromatic heterocycles. The van der Waals surface area contributed by atoms with Crippen LogP contribution < -0.4 is 9.64 Å². The number of ether oxygens (including phenoxy) is 1. The lowest BCUT2D eigenvalue weighted by molar-refractivity contribution is -0.132. The van der Waals surface area contributed by atoms with Crippen LogP contribution in [0.5, 0.6) is 5.75 Å². The molecule has 5 rings (SSSR count). The van der Waals surface area contributed by atoms with Crippen molar-refractivity contribution in [1.29, 1.82) is 0 Å². The van der Waals surface area contributed by atoms with Gasteiger partial charge in [-0.3, -0.25) is 24.2 Å². The molecule has 4 atom stereocenters. The van der Waals surface area contributed by atoms with E-state index in [1.807, 2.05) is 0 Å². The smallest absolute Gasteiger partial charge is 0.308 e. The Morgan fingerprint density at radius 1 is 1.00 bits per heavy atom. The van der Waals surface area contributed by atoms with Gasteiger partial charge >= 0.3 is 5.97 Å². The van der Waals surface area contributed by atoms with Gasteiger partial charge in [-0.1, -0.05) is 29.8 Å². The van der Waals surface area contributed by atoms with Crippen molar-refractivity contribution < 1.29 is 23.9 Å². The topological polar surface area (TPSA) is 96.3 Å². The predicted molar refractivity (Wildman–Crippen MR) is 120 cm³/mol. The van der Waals surface area contributed by atoms with Crippen molar-refractivity contribution in [1.82, 2.24) is 5.01 Å². The summed E-state index contributed by atoms with van der Waals surface area (Å²) in [5.74, 6) is -3.09. The number of amides is 2. The number of para-hydroxylation sites is 1. The average Bonchev–Trinajstić information content (AvgIpc) is 3.27. The average molecular weight is 464 g/mol. The molecule has 0 unspecified atom stereocenters. The van der Waals surface area contributed by atoms with Crippen molar-refractivity contribution in [2.75, 3.05) is 4.90 Å². The molecular weight excluding hydrogens is 446 g/mol. The van der Waals surface area contributed by atoms with Crippen molar-refractivity contribution in [3.05, 3.63) is 71.3 Å². The van der Waals surface area contributed by atoms with Gasteiger partial charge in [0, 0.05) is 18.7 Å². The number of hydrazone groups is 1. The van der Waals surface area contributed by atoms with Gasteiger partial charge in [-0.25, -0.2) is 4.90 Å². The molecule has 0 saturated carbocycles. The largest absolute Gasteiger partial charge is 0.427 e. The molecule has 0 aliphatic carbocycles. The molecule has 2 aromatic rings. The van der Waals surface area contributed by atoms with E-state index in [0.717, 1.165) is 4.90 Å². The molecule has 3 heterocycles. The molecule has 0 bridgehead atoms. The van der Waals surface area contributed by atoms with Crippen LogP contribution in [0.2, 0.25) is 5.02 Å². The van der Waals surface area contributed by atoms with Gasteiger partial charge in [0.1, 0.15) is 11.8 Å². The normalized spacial score (nSPS) is 25.3. The highest BCUT2D eigenvalue weighted by atomic mass is 35.5. The minimum Gasteiger partial charge on any atom is -0.427 e. The lowest BCUT2D eigenvalue weighted by atomic mass is 9.86. The first kappa shape index (κ1) is 21.1. The van der Waals surface area contributed by atoms with E-state index in [2.05, 4.69) is 5.10 Å². The quantitative estimate of drug-likeness (QED) is 0.299. The summed E-state index contributed by atoms with van der Waals surface area (Å²) >= 11 is 6.28. The lowest BCUT2D eigenvalue weighted by Gasteiger charge is -2.30. The summed E-state index contributed by atoms with van der Waals surface area (Å²) in [7, 11) is 0. The van der Waals surface area contributed by atoms with E-state index in [1.54, 1.807) is 36.4 Å². The molecule has 2 amide bonds. The van der Waals surface area contributed by atoms with Crippen LogP contribution >= 0.6 is 11.6 Å². The molecule has 33 heavy (non-hydrogen) atoms. The van der Waals surface area contributed by atoms with E-state index in [-0.39, 0.29) is 10.8 Å². The summed E-state index contributed by atoms with van der Waals surface area (Å²) in [6.07, 6.45) is 5.01. The number of anilines is 1. The third kappa shape index (κ3) is 3.34. The van der Waals surface area contributed by atoms with Crippen molar-refractivity contribution in [3.8, 4) is 5.75 Å². The van der Waals surface area contributed by atoms with Gasteiger partial charge in [-0.05, 0) is 42.5 Å². The van der Waals surface area contributed by atoms with Crippen LogP contribution in [0, 0.1) is 11.8 Å². The highest BCUT2D eigenvalue weighted by Gasteiger charge is 2.64. The SMILES string of the molecule is CC(=O)Oc1ccc(C(=O)[C@H]2[C@H]3C(=O)N(c4ccccc4Cl)C(=O)[C@H]3[C@@H]3C=CC=NN32)cc1. The van der Waals surface area contributed by atoms with Gasteiger partial charge in [-0.2, -0.15) is 5.10 Å². The monoisotopic (exact) mass is 463 g/mol. The number of carbonyl (C=O) groups is 4. The van der Waals surface area contributed by atoms with Crippen LogP contribution in [0.1, 0.15) is 17.3 Å². The Balaban J connectivity index is 1.53.